The summed E-state index contributed by atoms with van der Waals surface area (Å²) in [5.74, 6) is 2.95. The van der Waals surface area contributed by atoms with Gasteiger partial charge in [-0.05, 0) is 56.2 Å². The van der Waals surface area contributed by atoms with Crippen molar-refractivity contribution in [3.63, 3.8) is 0 Å². The molecule has 0 spiro atoms. The van der Waals surface area contributed by atoms with E-state index in [1.165, 1.54) is 6.42 Å². The molecule has 1 amide bonds. The van der Waals surface area contributed by atoms with Crippen LogP contribution in [0.3, 0.4) is 0 Å². The number of anilines is 1. The van der Waals surface area contributed by atoms with Gasteiger partial charge >= 0.3 is 0 Å². The van der Waals surface area contributed by atoms with E-state index in [1.54, 1.807) is 12.1 Å². The van der Waals surface area contributed by atoms with Crippen molar-refractivity contribution in [2.75, 3.05) is 12.4 Å². The van der Waals surface area contributed by atoms with Gasteiger partial charge < -0.3 is 10.6 Å². The van der Waals surface area contributed by atoms with Crippen molar-refractivity contribution in [2.24, 2.45) is 11.8 Å². The van der Waals surface area contributed by atoms with Gasteiger partial charge in [-0.25, -0.2) is 4.98 Å². The van der Waals surface area contributed by atoms with Crippen LogP contribution in [0.2, 0.25) is 10.0 Å². The summed E-state index contributed by atoms with van der Waals surface area (Å²) >= 11 is 12.1. The second-order valence-electron chi connectivity index (χ2n) is 7.95. The minimum atomic E-state index is 0.0742. The van der Waals surface area contributed by atoms with Crippen LogP contribution < -0.4 is 10.6 Å². The van der Waals surface area contributed by atoms with E-state index >= 15 is 0 Å². The molecule has 0 radical (unpaired) electrons. The Labute approximate surface area is 188 Å². The van der Waals surface area contributed by atoms with Crippen LogP contribution in [0.5, 0.6) is 0 Å². The zero-order chi connectivity index (χ0) is 21.5. The molecule has 30 heavy (non-hydrogen) atoms. The molecule has 8 heteroatoms. The largest absolute Gasteiger partial charge is 0.357 e. The molecule has 2 atom stereocenters. The molecule has 1 aliphatic carbocycles. The smallest absolute Gasteiger partial charge is 0.225 e. The van der Waals surface area contributed by atoms with Gasteiger partial charge in [-0.3, -0.25) is 4.79 Å². The highest BCUT2D eigenvalue weighted by atomic mass is 35.5. The molecule has 3 rings (SSSR count). The Balaban J connectivity index is 1.45. The van der Waals surface area contributed by atoms with Gasteiger partial charge in [0.2, 0.25) is 11.9 Å². The highest BCUT2D eigenvalue weighted by Gasteiger charge is 2.27. The Morgan fingerprint density at radius 3 is 2.80 bits per heavy atom. The standard InChI is InChI=1S/C22H29Cl2N5O/c1-14-27-20(29-22(25-2)28-14)8-4-6-15-5-3-7-16(11-15)21(30)26-13-17-9-10-18(23)12-19(17)24/h9-10,12,15-16H,3-8,11,13H2,1-2H3,(H,26,30)(H,25,27,28,29)/t15-,16-/m0/s1. The summed E-state index contributed by atoms with van der Waals surface area (Å²) in [5, 5.41) is 7.20. The van der Waals surface area contributed by atoms with Gasteiger partial charge in [0.25, 0.3) is 0 Å². The van der Waals surface area contributed by atoms with E-state index in [2.05, 4.69) is 25.6 Å². The van der Waals surface area contributed by atoms with Gasteiger partial charge in [0, 0.05) is 36.0 Å². The zero-order valence-corrected chi connectivity index (χ0v) is 19.1. The number of carbonyl (C=O) groups excluding carboxylic acids is 1. The van der Waals surface area contributed by atoms with Crippen LogP contribution in [0, 0.1) is 18.8 Å². The molecule has 0 aliphatic heterocycles. The Morgan fingerprint density at radius 2 is 2.03 bits per heavy atom. The van der Waals surface area contributed by atoms with Gasteiger partial charge in [-0.1, -0.05) is 42.1 Å². The summed E-state index contributed by atoms with van der Waals surface area (Å²) in [6.45, 7) is 2.32. The molecule has 6 nitrogen and oxygen atoms in total. The van der Waals surface area contributed by atoms with Crippen molar-refractivity contribution in [1.82, 2.24) is 20.3 Å². The zero-order valence-electron chi connectivity index (χ0n) is 17.5. The summed E-state index contributed by atoms with van der Waals surface area (Å²) in [6, 6.07) is 5.35. The van der Waals surface area contributed by atoms with Crippen LogP contribution in [0.4, 0.5) is 5.95 Å². The lowest BCUT2D eigenvalue weighted by Crippen LogP contribution is -2.33. The van der Waals surface area contributed by atoms with Crippen LogP contribution in [0.25, 0.3) is 0 Å². The fourth-order valence-corrected chi connectivity index (χ4v) is 4.57. The van der Waals surface area contributed by atoms with Crippen molar-refractivity contribution < 1.29 is 4.79 Å². The summed E-state index contributed by atoms with van der Waals surface area (Å²) in [5.41, 5.74) is 0.885. The van der Waals surface area contributed by atoms with E-state index in [-0.39, 0.29) is 11.8 Å². The molecule has 1 fully saturated rings. The molecular formula is C22H29Cl2N5O. The third kappa shape index (κ3) is 6.54. The Bertz CT molecular complexity index is 877. The number of halogens is 2. The molecule has 1 aromatic heterocycles. The third-order valence-electron chi connectivity index (χ3n) is 5.65. The number of nitrogens with one attached hydrogen (secondary N) is 2. The van der Waals surface area contributed by atoms with Gasteiger partial charge in [0.05, 0.1) is 0 Å². The van der Waals surface area contributed by atoms with Gasteiger partial charge in [0.1, 0.15) is 11.6 Å². The maximum atomic E-state index is 12.7. The lowest BCUT2D eigenvalue weighted by Gasteiger charge is -2.28. The average molecular weight is 450 g/mol. The summed E-state index contributed by atoms with van der Waals surface area (Å²) in [4.78, 5) is 25.8. The van der Waals surface area contributed by atoms with Crippen molar-refractivity contribution in [2.45, 2.75) is 58.4 Å². The van der Waals surface area contributed by atoms with E-state index in [9.17, 15) is 4.79 Å². The van der Waals surface area contributed by atoms with Crippen LogP contribution in [0.15, 0.2) is 18.2 Å². The predicted octanol–water partition coefficient (Wildman–Crippen LogP) is 4.97. The van der Waals surface area contributed by atoms with E-state index in [0.29, 0.717) is 28.5 Å². The number of aromatic nitrogens is 3. The second-order valence-corrected chi connectivity index (χ2v) is 8.79. The van der Waals surface area contributed by atoms with E-state index < -0.39 is 0 Å². The topological polar surface area (TPSA) is 79.8 Å². The average Bonchev–Trinajstić information content (AvgIpc) is 2.72. The fraction of sp³-hybridized carbons (Fsp3) is 0.545. The molecular weight excluding hydrogens is 421 g/mol. The molecule has 2 N–H and O–H groups in total. The first-order valence-corrected chi connectivity index (χ1v) is 11.3. The van der Waals surface area contributed by atoms with Gasteiger partial charge in [-0.15, -0.1) is 0 Å². The summed E-state index contributed by atoms with van der Waals surface area (Å²) in [6.07, 6.45) is 7.12. The first kappa shape index (κ1) is 22.8. The lowest BCUT2D eigenvalue weighted by molar-refractivity contribution is -0.126. The SMILES string of the molecule is CNc1nc(C)nc(CCC[C@@H]2CCC[C@H](C(=O)NCc3ccc(Cl)cc3Cl)C2)n1. The van der Waals surface area contributed by atoms with Gasteiger partial charge in [0.15, 0.2) is 0 Å². The Morgan fingerprint density at radius 1 is 1.20 bits per heavy atom. The van der Waals surface area contributed by atoms with Crippen LogP contribution >= 0.6 is 23.2 Å². The maximum Gasteiger partial charge on any atom is 0.225 e. The van der Waals surface area contributed by atoms with Crippen molar-refractivity contribution >= 4 is 35.1 Å². The molecule has 1 saturated carbocycles. The number of carbonyl (C=O) groups is 1. The minimum absolute atomic E-state index is 0.0742. The van der Waals surface area contributed by atoms with Crippen molar-refractivity contribution in [1.29, 1.82) is 0 Å². The monoisotopic (exact) mass is 449 g/mol. The number of amides is 1. The predicted molar refractivity (Wildman–Crippen MR) is 121 cm³/mol. The highest BCUT2D eigenvalue weighted by Crippen LogP contribution is 2.32. The molecule has 162 valence electrons. The molecule has 1 aromatic carbocycles. The van der Waals surface area contributed by atoms with Crippen molar-refractivity contribution in [3.05, 3.63) is 45.5 Å². The molecule has 2 aromatic rings. The Kier molecular flexibility index (Phi) is 8.28. The van der Waals surface area contributed by atoms with Gasteiger partial charge in [-0.2, -0.15) is 9.97 Å². The van der Waals surface area contributed by atoms with Crippen molar-refractivity contribution in [3.8, 4) is 0 Å². The minimum Gasteiger partial charge on any atom is -0.357 e. The quantitative estimate of drug-likeness (QED) is 0.594. The Hall–Kier alpha value is -1.92. The second kappa shape index (κ2) is 10.9. The lowest BCUT2D eigenvalue weighted by atomic mass is 9.78. The van der Waals surface area contributed by atoms with Crippen LogP contribution in [-0.2, 0) is 17.8 Å². The molecule has 1 aliphatic rings. The van der Waals surface area contributed by atoms with Crippen LogP contribution in [-0.4, -0.2) is 27.9 Å². The first-order valence-electron chi connectivity index (χ1n) is 10.6. The first-order chi connectivity index (χ1) is 14.4. The molecule has 1 heterocycles. The number of nitrogens with zero attached hydrogens (tertiary/aromatic N) is 3. The van der Waals surface area contributed by atoms with E-state index in [0.717, 1.165) is 55.7 Å². The summed E-state index contributed by atoms with van der Waals surface area (Å²) < 4.78 is 0. The maximum absolute atomic E-state index is 12.7. The van der Waals surface area contributed by atoms with E-state index in [1.807, 2.05) is 20.0 Å². The number of aryl methyl sites for hydroxylation is 2. The summed E-state index contributed by atoms with van der Waals surface area (Å²) in [7, 11) is 1.81. The van der Waals surface area contributed by atoms with E-state index in [4.69, 9.17) is 23.2 Å². The highest BCUT2D eigenvalue weighted by molar-refractivity contribution is 6.35. The normalized spacial score (nSPS) is 18.8. The molecule has 0 saturated heterocycles. The number of hydrogen-bond acceptors (Lipinski definition) is 5. The molecule has 0 unspecified atom stereocenters. The number of benzene rings is 1. The van der Waals surface area contributed by atoms with Crippen LogP contribution in [0.1, 0.15) is 55.7 Å². The number of rotatable bonds is 8. The number of hydrogen-bond donors (Lipinski definition) is 2. The third-order valence-corrected chi connectivity index (χ3v) is 6.24. The molecule has 0 bridgehead atoms. The fourth-order valence-electron chi connectivity index (χ4n) is 4.09.